The van der Waals surface area contributed by atoms with Gasteiger partial charge in [0, 0.05) is 0 Å². The van der Waals surface area contributed by atoms with Gasteiger partial charge in [0.25, 0.3) is 0 Å². The third-order valence-electron chi connectivity index (χ3n) is 1.23. The highest BCUT2D eigenvalue weighted by Crippen LogP contribution is 1.97. The molecule has 2 N–H and O–H groups in total. The molecule has 10 heavy (non-hydrogen) atoms. The fourth-order valence-corrected chi connectivity index (χ4v) is 0.761. The quantitative estimate of drug-likeness (QED) is 0.586. The lowest BCUT2D eigenvalue weighted by molar-refractivity contribution is -0.873. The molecule has 0 aliphatic carbocycles. The summed E-state index contributed by atoms with van der Waals surface area (Å²) >= 11 is 0. The molecule has 0 spiro atoms. The van der Waals surface area contributed by atoms with Gasteiger partial charge < -0.3 is 15.1 Å². The van der Waals surface area contributed by atoms with Crippen molar-refractivity contribution >= 4 is 0 Å². The highest BCUT2D eigenvalue weighted by atomic mass is 16.3. The van der Waals surface area contributed by atoms with Crippen molar-refractivity contribution in [1.82, 2.24) is 0 Å². The fraction of sp³-hybridized carbons (Fsp3) is 1.00. The van der Waals surface area contributed by atoms with Crippen molar-refractivity contribution in [3.05, 3.63) is 0 Å². The molecule has 0 fully saturated rings. The van der Waals surface area contributed by atoms with Gasteiger partial charge in [-0.3, -0.25) is 0 Å². The van der Waals surface area contributed by atoms with Crippen LogP contribution in [0.5, 0.6) is 0 Å². The summed E-state index contributed by atoms with van der Waals surface area (Å²) in [5.41, 5.74) is 0. The minimum absolute atomic E-state index is 0. The molecule has 0 radical (unpaired) electrons. The maximum atomic E-state index is 9.18. The summed E-state index contributed by atoms with van der Waals surface area (Å²) < 4.78 is 0.842. The minimum atomic E-state index is -0.134. The summed E-state index contributed by atoms with van der Waals surface area (Å²) in [5.74, 6) is 0. The zero-order valence-corrected chi connectivity index (χ0v) is 7.33. The van der Waals surface area contributed by atoms with Crippen LogP contribution in [0.2, 0.25) is 0 Å². The Morgan fingerprint density at radius 3 is 1.80 bits per heavy atom. The van der Waals surface area contributed by atoms with Crippen molar-refractivity contribution in [3.63, 3.8) is 0 Å². The zero-order valence-electron chi connectivity index (χ0n) is 7.33. The van der Waals surface area contributed by atoms with Crippen LogP contribution >= 0.6 is 0 Å². The molecule has 0 heterocycles. The van der Waals surface area contributed by atoms with E-state index in [9.17, 15) is 5.11 Å². The summed E-state index contributed by atoms with van der Waals surface area (Å²) in [4.78, 5) is 0. The first kappa shape index (κ1) is 12.5. The summed E-state index contributed by atoms with van der Waals surface area (Å²) in [7, 11) is 6.25. The monoisotopic (exact) mass is 149 g/mol. The van der Waals surface area contributed by atoms with Gasteiger partial charge >= 0.3 is 0 Å². The predicted octanol–water partition coefficient (Wildman–Crippen LogP) is 0.287. The number of likely N-dealkylation sites (N-methyl/N-ethyl adjacent to an activating group) is 1. The van der Waals surface area contributed by atoms with E-state index >= 15 is 0 Å². The number of hydrogen-bond acceptors (Lipinski definition) is 2. The lowest BCUT2D eigenvalue weighted by atomic mass is 10.2. The number of aliphatic hydroxyl groups is 1. The van der Waals surface area contributed by atoms with Crippen LogP contribution in [-0.2, 0) is 0 Å². The summed E-state index contributed by atoms with van der Waals surface area (Å²) in [6.07, 6.45) is 0.722. The zero-order chi connectivity index (χ0) is 7.49. The molecule has 0 aliphatic heterocycles. The van der Waals surface area contributed by atoms with Crippen LogP contribution < -0.4 is 0 Å². The molecule has 0 saturated carbocycles. The Bertz CT molecular complexity index is 78.2. The van der Waals surface area contributed by atoms with Crippen LogP contribution in [-0.4, -0.2) is 48.9 Å². The molecule has 0 aliphatic rings. The third kappa shape index (κ3) is 7.88. The standard InChI is InChI=1S/C7H18NO.H2O/c1-5-7(9)6-8(2,3)4;/h7,9H,5-6H2,1-4H3;1H2/q+1;/p-1/t7-;/m1./s1. The van der Waals surface area contributed by atoms with Crippen molar-refractivity contribution in [3.8, 4) is 0 Å². The molecule has 3 nitrogen and oxygen atoms in total. The van der Waals surface area contributed by atoms with E-state index in [0.29, 0.717) is 0 Å². The second-order valence-electron chi connectivity index (χ2n) is 3.53. The van der Waals surface area contributed by atoms with Crippen LogP contribution in [0.3, 0.4) is 0 Å². The van der Waals surface area contributed by atoms with E-state index < -0.39 is 0 Å². The molecule has 0 aromatic heterocycles. The SMILES string of the molecule is CC[C@@H](O)C[N+](C)(C)C.[OH-]. The topological polar surface area (TPSA) is 50.2 Å². The minimum Gasteiger partial charge on any atom is -0.870 e. The van der Waals surface area contributed by atoms with E-state index in [0.717, 1.165) is 17.4 Å². The summed E-state index contributed by atoms with van der Waals surface area (Å²) in [5, 5.41) is 9.18. The first-order chi connectivity index (χ1) is 3.95. The average molecular weight is 149 g/mol. The van der Waals surface area contributed by atoms with E-state index in [1.165, 1.54) is 0 Å². The molecule has 0 bridgehead atoms. The highest BCUT2D eigenvalue weighted by Gasteiger charge is 2.12. The van der Waals surface area contributed by atoms with E-state index in [2.05, 4.69) is 21.1 Å². The molecular weight excluding hydrogens is 130 g/mol. The molecule has 0 aromatic rings. The Morgan fingerprint density at radius 2 is 1.70 bits per heavy atom. The van der Waals surface area contributed by atoms with Gasteiger partial charge in [0.15, 0.2) is 0 Å². The summed E-state index contributed by atoms with van der Waals surface area (Å²) in [6, 6.07) is 0. The van der Waals surface area contributed by atoms with Gasteiger partial charge in [0.05, 0.1) is 21.1 Å². The van der Waals surface area contributed by atoms with Crippen molar-refractivity contribution in [2.75, 3.05) is 27.7 Å². The number of quaternary nitrogens is 1. The number of nitrogens with zero attached hydrogens (tertiary/aromatic N) is 1. The van der Waals surface area contributed by atoms with Crippen molar-refractivity contribution in [2.24, 2.45) is 0 Å². The van der Waals surface area contributed by atoms with Gasteiger partial charge in [-0.15, -0.1) is 0 Å². The van der Waals surface area contributed by atoms with E-state index in [4.69, 9.17) is 0 Å². The van der Waals surface area contributed by atoms with Gasteiger partial charge in [0.2, 0.25) is 0 Å². The Kier molecular flexibility index (Phi) is 5.84. The maximum Gasteiger partial charge on any atom is 0.104 e. The van der Waals surface area contributed by atoms with Crippen LogP contribution in [0, 0.1) is 0 Å². The summed E-state index contributed by atoms with van der Waals surface area (Å²) in [6.45, 7) is 2.84. The molecule has 1 atom stereocenters. The van der Waals surface area contributed by atoms with Gasteiger partial charge in [-0.1, -0.05) is 6.92 Å². The number of aliphatic hydroxyl groups excluding tert-OH is 1. The molecule has 0 aromatic carbocycles. The van der Waals surface area contributed by atoms with Crippen molar-refractivity contribution in [1.29, 1.82) is 0 Å². The third-order valence-corrected chi connectivity index (χ3v) is 1.23. The van der Waals surface area contributed by atoms with Crippen molar-refractivity contribution in [2.45, 2.75) is 19.4 Å². The fourth-order valence-electron chi connectivity index (χ4n) is 0.761. The average Bonchev–Trinajstić information content (AvgIpc) is 1.62. The second kappa shape index (κ2) is 4.66. The first-order valence-corrected chi connectivity index (χ1v) is 3.44. The van der Waals surface area contributed by atoms with Gasteiger partial charge in [-0.2, -0.15) is 0 Å². The van der Waals surface area contributed by atoms with Crippen LogP contribution in [0.4, 0.5) is 0 Å². The largest absolute Gasteiger partial charge is 0.870 e. The Balaban J connectivity index is 0. The molecule has 0 saturated heterocycles. The van der Waals surface area contributed by atoms with Crippen LogP contribution in [0.25, 0.3) is 0 Å². The van der Waals surface area contributed by atoms with E-state index in [-0.39, 0.29) is 11.6 Å². The highest BCUT2D eigenvalue weighted by molar-refractivity contribution is 4.47. The molecule has 3 heteroatoms. The normalized spacial score (nSPS) is 14.1. The first-order valence-electron chi connectivity index (χ1n) is 3.44. The Hall–Kier alpha value is -0.120. The molecule has 0 rings (SSSR count). The Morgan fingerprint density at radius 1 is 1.30 bits per heavy atom. The number of rotatable bonds is 3. The van der Waals surface area contributed by atoms with Gasteiger partial charge in [-0.25, -0.2) is 0 Å². The van der Waals surface area contributed by atoms with Crippen molar-refractivity contribution < 1.29 is 15.1 Å². The van der Waals surface area contributed by atoms with Crippen LogP contribution in [0.15, 0.2) is 0 Å². The maximum absolute atomic E-state index is 9.18. The van der Waals surface area contributed by atoms with Gasteiger partial charge in [-0.05, 0) is 6.42 Å². The Labute approximate surface area is 63.2 Å². The molecule has 64 valence electrons. The van der Waals surface area contributed by atoms with E-state index in [1.54, 1.807) is 0 Å². The molecule has 0 amide bonds. The molecular formula is C7H19NO2. The van der Waals surface area contributed by atoms with E-state index in [1.807, 2.05) is 6.92 Å². The lowest BCUT2D eigenvalue weighted by Gasteiger charge is -2.26. The van der Waals surface area contributed by atoms with Crippen LogP contribution in [0.1, 0.15) is 13.3 Å². The smallest absolute Gasteiger partial charge is 0.104 e. The lowest BCUT2D eigenvalue weighted by Crippen LogP contribution is -2.41. The predicted molar refractivity (Wildman–Crippen MR) is 41.1 cm³/mol. The number of hydrogen-bond donors (Lipinski definition) is 1. The molecule has 0 unspecified atom stereocenters. The van der Waals surface area contributed by atoms with Gasteiger partial charge in [0.1, 0.15) is 12.6 Å². The second-order valence-corrected chi connectivity index (χ2v) is 3.53.